The van der Waals surface area contributed by atoms with Gasteiger partial charge in [-0.2, -0.15) is 5.10 Å². The first kappa shape index (κ1) is 18.8. The Morgan fingerprint density at radius 1 is 1.30 bits per heavy atom. The number of phenols is 1. The smallest absolute Gasteiger partial charge is 0.259 e. The maximum absolute atomic E-state index is 12.3. The van der Waals surface area contributed by atoms with Crippen LogP contribution >= 0.6 is 11.3 Å². The number of hydrogen-bond donors (Lipinski definition) is 3. The Balaban J connectivity index is 1.76. The quantitative estimate of drug-likeness (QED) is 0.464. The number of hydrogen-bond acceptors (Lipinski definition) is 6. The molecule has 7 nitrogen and oxygen atoms in total. The molecule has 1 amide bonds. The van der Waals surface area contributed by atoms with Crippen molar-refractivity contribution >= 4 is 33.2 Å². The van der Waals surface area contributed by atoms with Crippen LogP contribution in [0, 0.1) is 13.8 Å². The molecule has 0 aliphatic carbocycles. The molecular formula is C19H20N4O3S. The van der Waals surface area contributed by atoms with Gasteiger partial charge in [0.2, 0.25) is 5.91 Å². The largest absolute Gasteiger partial charge is 0.508 e. The van der Waals surface area contributed by atoms with E-state index in [9.17, 15) is 14.7 Å². The second-order valence-electron chi connectivity index (χ2n) is 6.15. The van der Waals surface area contributed by atoms with Crippen LogP contribution in [0.15, 0.2) is 34.2 Å². The van der Waals surface area contributed by atoms with E-state index in [0.29, 0.717) is 28.2 Å². The van der Waals surface area contributed by atoms with Crippen LogP contribution in [-0.2, 0) is 11.2 Å². The van der Waals surface area contributed by atoms with E-state index < -0.39 is 0 Å². The van der Waals surface area contributed by atoms with E-state index in [-0.39, 0.29) is 23.6 Å². The number of thiophene rings is 1. The number of nitrogens with one attached hydrogen (secondary N) is 2. The second kappa shape index (κ2) is 7.71. The van der Waals surface area contributed by atoms with Crippen molar-refractivity contribution in [2.75, 3.05) is 0 Å². The number of phenolic OH excluding ortho intramolecular Hbond substituents is 1. The standard InChI is InChI=1S/C19H20N4O3S/c1-4-14(12-5-7-13(24)8-6-12)22-23-16(25)9-15-20-18(26)17-10(2)11(3)27-19(17)21-15/h5-8,24H,4,9H2,1-3H3,(H,23,25)(H,20,21,26)/b22-14+. The number of aryl methyl sites for hydroxylation is 2. The highest BCUT2D eigenvalue weighted by Crippen LogP contribution is 2.25. The fraction of sp³-hybridized carbons (Fsp3) is 0.263. The molecular weight excluding hydrogens is 364 g/mol. The highest BCUT2D eigenvalue weighted by Gasteiger charge is 2.13. The molecule has 0 atom stereocenters. The van der Waals surface area contributed by atoms with Crippen LogP contribution in [0.1, 0.15) is 35.2 Å². The van der Waals surface area contributed by atoms with Gasteiger partial charge in [0.25, 0.3) is 5.56 Å². The van der Waals surface area contributed by atoms with Crippen molar-refractivity contribution in [1.29, 1.82) is 0 Å². The molecule has 3 rings (SSSR count). The van der Waals surface area contributed by atoms with E-state index >= 15 is 0 Å². The van der Waals surface area contributed by atoms with E-state index in [1.165, 1.54) is 11.3 Å². The molecule has 0 saturated heterocycles. The fourth-order valence-corrected chi connectivity index (χ4v) is 3.75. The Hall–Kier alpha value is -3.00. The summed E-state index contributed by atoms with van der Waals surface area (Å²) in [5.74, 6) is 0.110. The number of fused-ring (bicyclic) bond motifs is 1. The summed E-state index contributed by atoms with van der Waals surface area (Å²) in [4.78, 5) is 33.2. The SMILES string of the molecule is CC/C(=N\NC(=O)Cc1nc2sc(C)c(C)c2c(=O)[nH]1)c1ccc(O)cc1. The molecule has 0 spiro atoms. The van der Waals surface area contributed by atoms with Gasteiger partial charge in [-0.15, -0.1) is 11.3 Å². The van der Waals surface area contributed by atoms with Crippen molar-refractivity contribution in [2.45, 2.75) is 33.6 Å². The Kier molecular flexibility index (Phi) is 5.36. The van der Waals surface area contributed by atoms with E-state index in [1.54, 1.807) is 24.3 Å². The van der Waals surface area contributed by atoms with Gasteiger partial charge in [0.1, 0.15) is 16.4 Å². The third-order valence-electron chi connectivity index (χ3n) is 4.27. The van der Waals surface area contributed by atoms with Gasteiger partial charge in [-0.3, -0.25) is 9.59 Å². The highest BCUT2D eigenvalue weighted by molar-refractivity contribution is 7.18. The maximum Gasteiger partial charge on any atom is 0.259 e. The number of aromatic nitrogens is 2. The molecule has 2 aromatic heterocycles. The van der Waals surface area contributed by atoms with Crippen molar-refractivity contribution in [2.24, 2.45) is 5.10 Å². The molecule has 0 fully saturated rings. The van der Waals surface area contributed by atoms with Crippen LogP contribution in [-0.4, -0.2) is 26.7 Å². The molecule has 1 aromatic carbocycles. The number of carbonyl (C=O) groups excluding carboxylic acids is 1. The highest BCUT2D eigenvalue weighted by atomic mass is 32.1. The van der Waals surface area contributed by atoms with E-state index in [0.717, 1.165) is 16.0 Å². The van der Waals surface area contributed by atoms with Crippen LogP contribution in [0.4, 0.5) is 0 Å². The number of aromatic hydroxyl groups is 1. The molecule has 3 aromatic rings. The van der Waals surface area contributed by atoms with Gasteiger partial charge >= 0.3 is 0 Å². The van der Waals surface area contributed by atoms with Crippen molar-refractivity contribution < 1.29 is 9.90 Å². The molecule has 3 N–H and O–H groups in total. The number of rotatable bonds is 5. The molecule has 8 heteroatoms. The zero-order valence-electron chi connectivity index (χ0n) is 15.3. The zero-order chi connectivity index (χ0) is 19.6. The number of hydrazone groups is 1. The summed E-state index contributed by atoms with van der Waals surface area (Å²) in [7, 11) is 0. The summed E-state index contributed by atoms with van der Waals surface area (Å²) in [6.07, 6.45) is 0.539. The normalized spacial score (nSPS) is 11.7. The first-order valence-electron chi connectivity index (χ1n) is 8.52. The molecule has 0 saturated carbocycles. The van der Waals surface area contributed by atoms with Crippen molar-refractivity contribution in [3.8, 4) is 5.75 Å². The van der Waals surface area contributed by atoms with E-state index in [1.807, 2.05) is 20.8 Å². The van der Waals surface area contributed by atoms with Crippen molar-refractivity contribution in [1.82, 2.24) is 15.4 Å². The van der Waals surface area contributed by atoms with Gasteiger partial charge in [-0.25, -0.2) is 10.4 Å². The number of amides is 1. The predicted octanol–water partition coefficient (Wildman–Crippen LogP) is 2.78. The minimum Gasteiger partial charge on any atom is -0.508 e. The van der Waals surface area contributed by atoms with Crippen molar-refractivity contribution in [3.05, 3.63) is 56.4 Å². The Bertz CT molecular complexity index is 1080. The Morgan fingerprint density at radius 3 is 2.67 bits per heavy atom. The fourth-order valence-electron chi connectivity index (χ4n) is 2.71. The summed E-state index contributed by atoms with van der Waals surface area (Å²) in [5, 5.41) is 14.1. The van der Waals surface area contributed by atoms with E-state index in [4.69, 9.17) is 0 Å². The van der Waals surface area contributed by atoms with Crippen LogP contribution in [0.3, 0.4) is 0 Å². The number of aromatic amines is 1. The van der Waals surface area contributed by atoms with Crippen LogP contribution in [0.5, 0.6) is 5.75 Å². The topological polar surface area (TPSA) is 107 Å². The monoisotopic (exact) mass is 384 g/mol. The Labute approximate surface area is 159 Å². The number of benzene rings is 1. The predicted molar refractivity (Wildman–Crippen MR) is 106 cm³/mol. The minimum absolute atomic E-state index is 0.0722. The van der Waals surface area contributed by atoms with Gasteiger partial charge in [0.05, 0.1) is 17.5 Å². The zero-order valence-corrected chi connectivity index (χ0v) is 16.1. The molecule has 0 radical (unpaired) electrons. The average Bonchev–Trinajstić information content (AvgIpc) is 2.91. The van der Waals surface area contributed by atoms with Gasteiger partial charge in [0.15, 0.2) is 0 Å². The van der Waals surface area contributed by atoms with E-state index in [2.05, 4.69) is 20.5 Å². The Morgan fingerprint density at radius 2 is 2.00 bits per heavy atom. The molecule has 0 bridgehead atoms. The lowest BCUT2D eigenvalue weighted by molar-refractivity contribution is -0.120. The summed E-state index contributed by atoms with van der Waals surface area (Å²) in [6, 6.07) is 6.60. The third kappa shape index (κ3) is 4.06. The van der Waals surface area contributed by atoms with Gasteiger partial charge in [0, 0.05) is 4.88 Å². The van der Waals surface area contributed by atoms with Crippen LogP contribution in [0.25, 0.3) is 10.2 Å². The van der Waals surface area contributed by atoms with Crippen LogP contribution < -0.4 is 11.0 Å². The molecule has 0 aliphatic heterocycles. The number of nitrogens with zero attached hydrogens (tertiary/aromatic N) is 2. The molecule has 0 aliphatic rings. The average molecular weight is 384 g/mol. The molecule has 27 heavy (non-hydrogen) atoms. The maximum atomic E-state index is 12.3. The summed E-state index contributed by atoms with van der Waals surface area (Å²) < 4.78 is 0. The van der Waals surface area contributed by atoms with Gasteiger partial charge in [-0.1, -0.05) is 6.92 Å². The lowest BCUT2D eigenvalue weighted by atomic mass is 10.1. The summed E-state index contributed by atoms with van der Waals surface area (Å²) in [5.41, 5.74) is 4.70. The van der Waals surface area contributed by atoms with Gasteiger partial charge < -0.3 is 10.1 Å². The minimum atomic E-state index is -0.368. The molecule has 140 valence electrons. The lowest BCUT2D eigenvalue weighted by Crippen LogP contribution is -2.24. The number of carbonyl (C=O) groups is 1. The second-order valence-corrected chi connectivity index (χ2v) is 7.35. The summed E-state index contributed by atoms with van der Waals surface area (Å²) in [6.45, 7) is 5.76. The first-order valence-corrected chi connectivity index (χ1v) is 9.34. The van der Waals surface area contributed by atoms with Crippen molar-refractivity contribution in [3.63, 3.8) is 0 Å². The van der Waals surface area contributed by atoms with Gasteiger partial charge in [-0.05, 0) is 55.7 Å². The summed E-state index contributed by atoms with van der Waals surface area (Å²) >= 11 is 1.44. The third-order valence-corrected chi connectivity index (χ3v) is 5.37. The molecule has 0 unspecified atom stereocenters. The molecule has 2 heterocycles. The lowest BCUT2D eigenvalue weighted by Gasteiger charge is -2.05. The first-order chi connectivity index (χ1) is 12.9. The van der Waals surface area contributed by atoms with Crippen LogP contribution in [0.2, 0.25) is 0 Å². The number of H-pyrrole nitrogens is 1.